The zero-order chi connectivity index (χ0) is 16.4. The van der Waals surface area contributed by atoms with Crippen molar-refractivity contribution >= 4 is 17.6 Å². The van der Waals surface area contributed by atoms with Crippen molar-refractivity contribution in [2.75, 3.05) is 10.8 Å². The van der Waals surface area contributed by atoms with E-state index in [-0.39, 0.29) is 0 Å². The topological polar surface area (TPSA) is 29.3 Å². The van der Waals surface area contributed by atoms with Crippen LogP contribution in [0.15, 0.2) is 53.4 Å². The summed E-state index contributed by atoms with van der Waals surface area (Å²) < 4.78 is 2.42. The molecule has 3 heteroatoms. The fourth-order valence-corrected chi connectivity index (χ4v) is 4.12. The van der Waals surface area contributed by atoms with Crippen molar-refractivity contribution in [3.63, 3.8) is 0 Å². The molecule has 0 saturated heterocycles. The Balaban J connectivity index is 1.84. The van der Waals surface area contributed by atoms with Crippen molar-refractivity contribution in [3.05, 3.63) is 59.7 Å². The van der Waals surface area contributed by atoms with Gasteiger partial charge in [-0.2, -0.15) is 0 Å². The van der Waals surface area contributed by atoms with E-state index >= 15 is 0 Å². The molecule has 122 valence electrons. The van der Waals surface area contributed by atoms with Gasteiger partial charge in [-0.05, 0) is 60.5 Å². The number of anilines is 1. The van der Waals surface area contributed by atoms with Gasteiger partial charge >= 0.3 is 0 Å². The Morgan fingerprint density at radius 1 is 1.17 bits per heavy atom. The molecule has 0 aliphatic heterocycles. The first-order chi connectivity index (χ1) is 11.0. The van der Waals surface area contributed by atoms with Gasteiger partial charge in [0.2, 0.25) is 0 Å². The average Bonchev–Trinajstić information content (AvgIpc) is 3.24. The van der Waals surface area contributed by atoms with Crippen molar-refractivity contribution in [1.82, 2.24) is 0 Å². The van der Waals surface area contributed by atoms with Gasteiger partial charge in [0.25, 0.3) is 0 Å². The van der Waals surface area contributed by atoms with Crippen LogP contribution in [0, 0.1) is 12.8 Å². The number of hydrogen-bond acceptors (Lipinski definition) is 3. The molecule has 0 aromatic heterocycles. The van der Waals surface area contributed by atoms with E-state index in [2.05, 4.69) is 73.6 Å². The Bertz CT molecular complexity index is 654. The summed E-state index contributed by atoms with van der Waals surface area (Å²) in [5.74, 6) is 1.19. The minimum absolute atomic E-state index is 0.366. The van der Waals surface area contributed by atoms with Gasteiger partial charge < -0.3 is 10.0 Å². The maximum absolute atomic E-state index is 6.00. The van der Waals surface area contributed by atoms with E-state index in [0.29, 0.717) is 17.9 Å². The first kappa shape index (κ1) is 16.4. The maximum Gasteiger partial charge on any atom is 0.0502 e. The summed E-state index contributed by atoms with van der Waals surface area (Å²) in [4.78, 5) is 1.28. The van der Waals surface area contributed by atoms with E-state index < -0.39 is 0 Å². The minimum atomic E-state index is 0.366. The van der Waals surface area contributed by atoms with Crippen molar-refractivity contribution in [1.29, 1.82) is 0 Å². The van der Waals surface area contributed by atoms with Gasteiger partial charge in [-0.1, -0.05) is 44.2 Å². The highest BCUT2D eigenvalue weighted by molar-refractivity contribution is 8.00. The monoisotopic (exact) mass is 326 g/mol. The molecular formula is C20H26N2S. The number of nitrogens with zero attached hydrogens (tertiary/aromatic N) is 1. The van der Waals surface area contributed by atoms with E-state index in [0.717, 1.165) is 13.0 Å². The smallest absolute Gasteiger partial charge is 0.0502 e. The van der Waals surface area contributed by atoms with Crippen LogP contribution in [-0.4, -0.2) is 12.6 Å². The summed E-state index contributed by atoms with van der Waals surface area (Å²) in [6, 6.07) is 17.8. The predicted molar refractivity (Wildman–Crippen MR) is 101 cm³/mol. The van der Waals surface area contributed by atoms with Crippen LogP contribution in [0.1, 0.15) is 37.3 Å². The normalized spacial score (nSPS) is 19.9. The molecule has 3 rings (SSSR count). The summed E-state index contributed by atoms with van der Waals surface area (Å²) in [6.45, 7) is 7.78. The molecule has 0 bridgehead atoms. The molecule has 1 aliphatic rings. The molecule has 23 heavy (non-hydrogen) atoms. The molecule has 1 saturated carbocycles. The van der Waals surface area contributed by atoms with Gasteiger partial charge in [0.1, 0.15) is 0 Å². The lowest BCUT2D eigenvalue weighted by molar-refractivity contribution is 0.667. The third-order valence-corrected chi connectivity index (χ3v) is 5.30. The standard InChI is InChI=1S/C20H26N2S/c1-14(2)13-22(23-17-7-5-4-6-8-17)20-10-9-16(11-15(20)3)18-12-19(18)21/h4-11,14,18-19H,12-13,21H2,1-3H3. The first-order valence-electron chi connectivity index (χ1n) is 8.41. The third kappa shape index (κ3) is 4.10. The molecular weight excluding hydrogens is 300 g/mol. The Labute approximate surface area is 144 Å². The average molecular weight is 327 g/mol. The molecule has 2 aromatic rings. The van der Waals surface area contributed by atoms with Crippen LogP contribution >= 0.6 is 11.9 Å². The summed E-state index contributed by atoms with van der Waals surface area (Å²) in [5.41, 5.74) is 10.0. The van der Waals surface area contributed by atoms with Gasteiger partial charge in [-0.15, -0.1) is 0 Å². The van der Waals surface area contributed by atoms with Crippen LogP contribution in [0.5, 0.6) is 0 Å². The van der Waals surface area contributed by atoms with Crippen LogP contribution in [0.25, 0.3) is 0 Å². The molecule has 2 nitrogen and oxygen atoms in total. The van der Waals surface area contributed by atoms with E-state index in [1.54, 1.807) is 0 Å². The molecule has 2 N–H and O–H groups in total. The highest BCUT2D eigenvalue weighted by Gasteiger charge is 2.35. The van der Waals surface area contributed by atoms with Gasteiger partial charge in [0.05, 0.1) is 5.69 Å². The summed E-state index contributed by atoms with van der Waals surface area (Å²) in [7, 11) is 0. The number of hydrogen-bond donors (Lipinski definition) is 1. The second kappa shape index (κ2) is 6.98. The Hall–Kier alpha value is -1.45. The van der Waals surface area contributed by atoms with Crippen LogP contribution in [0.2, 0.25) is 0 Å². The van der Waals surface area contributed by atoms with Crippen molar-refractivity contribution < 1.29 is 0 Å². The Morgan fingerprint density at radius 3 is 2.43 bits per heavy atom. The van der Waals surface area contributed by atoms with E-state index in [1.165, 1.54) is 21.7 Å². The van der Waals surface area contributed by atoms with E-state index in [1.807, 2.05) is 11.9 Å². The zero-order valence-corrected chi connectivity index (χ0v) is 15.0. The van der Waals surface area contributed by atoms with Gasteiger partial charge in [-0.3, -0.25) is 0 Å². The molecule has 1 aliphatic carbocycles. The molecule has 2 atom stereocenters. The lowest BCUT2D eigenvalue weighted by Crippen LogP contribution is -2.21. The molecule has 0 radical (unpaired) electrons. The minimum Gasteiger partial charge on any atom is -0.327 e. The number of benzene rings is 2. The van der Waals surface area contributed by atoms with Crippen molar-refractivity contribution in [2.45, 2.75) is 44.0 Å². The number of aryl methyl sites for hydroxylation is 1. The maximum atomic E-state index is 6.00. The zero-order valence-electron chi connectivity index (χ0n) is 14.2. The first-order valence-corrected chi connectivity index (χ1v) is 9.18. The molecule has 0 spiro atoms. The summed E-state index contributed by atoms with van der Waals surface area (Å²) >= 11 is 1.82. The van der Waals surface area contributed by atoms with Crippen LogP contribution in [-0.2, 0) is 0 Å². The number of nitrogens with two attached hydrogens (primary N) is 1. The van der Waals surface area contributed by atoms with Crippen molar-refractivity contribution in [3.8, 4) is 0 Å². The Kier molecular flexibility index (Phi) is 4.98. The van der Waals surface area contributed by atoms with Crippen LogP contribution < -0.4 is 10.0 Å². The van der Waals surface area contributed by atoms with Crippen molar-refractivity contribution in [2.24, 2.45) is 11.7 Å². The van der Waals surface area contributed by atoms with Gasteiger partial charge in [0, 0.05) is 23.4 Å². The summed E-state index contributed by atoms with van der Waals surface area (Å²) in [5, 5.41) is 0. The second-order valence-electron chi connectivity index (χ2n) is 6.91. The quantitative estimate of drug-likeness (QED) is 0.759. The molecule has 0 heterocycles. The van der Waals surface area contributed by atoms with Crippen LogP contribution in [0.3, 0.4) is 0 Å². The fraction of sp³-hybridized carbons (Fsp3) is 0.400. The SMILES string of the molecule is Cc1cc(C2CC2N)ccc1N(CC(C)C)Sc1ccccc1. The highest BCUT2D eigenvalue weighted by Crippen LogP contribution is 2.41. The van der Waals surface area contributed by atoms with Gasteiger partial charge in [-0.25, -0.2) is 0 Å². The largest absolute Gasteiger partial charge is 0.327 e. The van der Waals surface area contributed by atoms with Gasteiger partial charge in [0.15, 0.2) is 0 Å². The second-order valence-corrected chi connectivity index (χ2v) is 8.01. The molecule has 2 unspecified atom stereocenters. The van der Waals surface area contributed by atoms with E-state index in [4.69, 9.17) is 5.73 Å². The highest BCUT2D eigenvalue weighted by atomic mass is 32.2. The lowest BCUT2D eigenvalue weighted by atomic mass is 10.1. The fourth-order valence-electron chi connectivity index (χ4n) is 2.91. The number of rotatable bonds is 6. The molecule has 0 amide bonds. The third-order valence-electron chi connectivity index (χ3n) is 4.25. The molecule has 2 aromatic carbocycles. The Morgan fingerprint density at radius 2 is 1.87 bits per heavy atom. The van der Waals surface area contributed by atoms with E-state index in [9.17, 15) is 0 Å². The van der Waals surface area contributed by atoms with Crippen LogP contribution in [0.4, 0.5) is 5.69 Å². The molecule has 1 fully saturated rings. The predicted octanol–water partition coefficient (Wildman–Crippen LogP) is 4.98. The lowest BCUT2D eigenvalue weighted by Gasteiger charge is -2.27. The summed E-state index contributed by atoms with van der Waals surface area (Å²) in [6.07, 6.45) is 1.13.